The number of likely N-dealkylation sites (tertiary alicyclic amines) is 1. The first kappa shape index (κ1) is 18.9. The molecular formula is C20H24N8O. The van der Waals surface area contributed by atoms with Gasteiger partial charge in [-0.25, -0.2) is 9.97 Å². The van der Waals surface area contributed by atoms with Crippen LogP contribution in [-0.2, 0) is 11.8 Å². The van der Waals surface area contributed by atoms with E-state index in [9.17, 15) is 4.79 Å². The quantitative estimate of drug-likeness (QED) is 0.647. The highest BCUT2D eigenvalue weighted by Crippen LogP contribution is 2.32. The maximum atomic E-state index is 12.8. The third-order valence-electron chi connectivity index (χ3n) is 4.84. The van der Waals surface area contributed by atoms with Gasteiger partial charge >= 0.3 is 0 Å². The van der Waals surface area contributed by atoms with Crippen molar-refractivity contribution < 1.29 is 4.79 Å². The highest BCUT2D eigenvalue weighted by atomic mass is 16.2. The summed E-state index contributed by atoms with van der Waals surface area (Å²) in [5.41, 5.74) is 2.70. The molecule has 4 rings (SSSR count). The monoisotopic (exact) mass is 392 g/mol. The third-order valence-corrected chi connectivity index (χ3v) is 4.84. The second kappa shape index (κ2) is 7.86. The minimum absolute atomic E-state index is 0.0231. The Kier molecular flexibility index (Phi) is 5.11. The number of carbonyl (C=O) groups is 1. The van der Waals surface area contributed by atoms with Gasteiger partial charge in [-0.3, -0.25) is 14.6 Å². The molecule has 1 saturated heterocycles. The van der Waals surface area contributed by atoms with Gasteiger partial charge in [0, 0.05) is 49.3 Å². The fourth-order valence-electron chi connectivity index (χ4n) is 3.57. The lowest BCUT2D eigenvalue weighted by Crippen LogP contribution is -2.29. The van der Waals surface area contributed by atoms with Gasteiger partial charge in [0.25, 0.3) is 0 Å². The molecule has 29 heavy (non-hydrogen) atoms. The summed E-state index contributed by atoms with van der Waals surface area (Å²) in [6.07, 6.45) is 8.82. The van der Waals surface area contributed by atoms with E-state index in [0.29, 0.717) is 24.0 Å². The van der Waals surface area contributed by atoms with Gasteiger partial charge in [-0.2, -0.15) is 10.2 Å². The average molecular weight is 392 g/mol. The maximum absolute atomic E-state index is 12.8. The van der Waals surface area contributed by atoms with Gasteiger partial charge < -0.3 is 10.2 Å². The molecule has 1 aliphatic rings. The Labute approximate surface area is 168 Å². The van der Waals surface area contributed by atoms with E-state index in [1.807, 2.05) is 44.1 Å². The largest absolute Gasteiger partial charge is 0.331 e. The Morgan fingerprint density at radius 2 is 2.14 bits per heavy atom. The van der Waals surface area contributed by atoms with Crippen molar-refractivity contribution in [3.63, 3.8) is 0 Å². The summed E-state index contributed by atoms with van der Waals surface area (Å²) in [6, 6.07) is 3.74. The predicted molar refractivity (Wildman–Crippen MR) is 109 cm³/mol. The zero-order chi connectivity index (χ0) is 20.4. The number of aromatic nitrogens is 6. The number of carbonyl (C=O) groups excluding carboxylic acids is 1. The normalized spacial score (nSPS) is 16.7. The number of nitrogens with one attached hydrogen (secondary N) is 2. The molecular weight excluding hydrogens is 368 g/mol. The Morgan fingerprint density at radius 1 is 1.28 bits per heavy atom. The topological polar surface area (TPSA) is 105 Å². The number of nitrogens with zero attached hydrogens (tertiary/aromatic N) is 6. The van der Waals surface area contributed by atoms with Crippen LogP contribution < -0.4 is 5.32 Å². The second-order valence-electron chi connectivity index (χ2n) is 7.26. The van der Waals surface area contributed by atoms with E-state index >= 15 is 0 Å². The molecule has 1 fully saturated rings. The van der Waals surface area contributed by atoms with E-state index in [1.54, 1.807) is 23.0 Å². The van der Waals surface area contributed by atoms with Crippen molar-refractivity contribution in [2.45, 2.75) is 32.7 Å². The lowest BCUT2D eigenvalue weighted by Gasteiger charge is -2.23. The standard InChI is InChI=1S/C20H24N8O/c1-13-9-19(26-25-13)24-18-10-16(22-14(2)23-18)17-5-4-8-28(17)20(29)7-6-15-11-21-27(3)12-15/h6-7,9-12,17H,4-5,8H2,1-3H3,(H2,22,23,24,25,26)/b7-6+. The molecule has 0 bridgehead atoms. The number of H-pyrrole nitrogens is 1. The lowest BCUT2D eigenvalue weighted by molar-refractivity contribution is -0.126. The maximum Gasteiger partial charge on any atom is 0.247 e. The summed E-state index contributed by atoms with van der Waals surface area (Å²) in [5, 5.41) is 14.4. The molecule has 0 spiro atoms. The van der Waals surface area contributed by atoms with Gasteiger partial charge in [-0.1, -0.05) is 0 Å². The molecule has 9 nitrogen and oxygen atoms in total. The van der Waals surface area contributed by atoms with Gasteiger partial charge in [0.2, 0.25) is 5.91 Å². The first-order valence-corrected chi connectivity index (χ1v) is 9.60. The van der Waals surface area contributed by atoms with E-state index in [0.717, 1.165) is 29.8 Å². The Balaban J connectivity index is 1.53. The van der Waals surface area contributed by atoms with Crippen molar-refractivity contribution in [3.8, 4) is 0 Å². The summed E-state index contributed by atoms with van der Waals surface area (Å²) < 4.78 is 1.71. The second-order valence-corrected chi connectivity index (χ2v) is 7.26. The van der Waals surface area contributed by atoms with E-state index in [4.69, 9.17) is 0 Å². The molecule has 9 heteroatoms. The highest BCUT2D eigenvalue weighted by molar-refractivity contribution is 5.92. The van der Waals surface area contributed by atoms with Crippen molar-refractivity contribution in [3.05, 3.63) is 53.4 Å². The Bertz CT molecular complexity index is 1050. The number of aromatic amines is 1. The van der Waals surface area contributed by atoms with Crippen LogP contribution in [0.2, 0.25) is 0 Å². The van der Waals surface area contributed by atoms with Gasteiger partial charge in [0.15, 0.2) is 5.82 Å². The van der Waals surface area contributed by atoms with Gasteiger partial charge in [0.05, 0.1) is 17.9 Å². The zero-order valence-corrected chi connectivity index (χ0v) is 16.8. The van der Waals surface area contributed by atoms with Crippen LogP contribution in [0.4, 0.5) is 11.6 Å². The molecule has 4 heterocycles. The molecule has 2 N–H and O–H groups in total. The zero-order valence-electron chi connectivity index (χ0n) is 16.8. The number of aryl methyl sites for hydroxylation is 3. The van der Waals surface area contributed by atoms with Crippen LogP contribution in [0.3, 0.4) is 0 Å². The molecule has 3 aromatic rings. The van der Waals surface area contributed by atoms with E-state index in [2.05, 4.69) is 30.6 Å². The molecule has 1 amide bonds. The van der Waals surface area contributed by atoms with Crippen LogP contribution in [0.25, 0.3) is 6.08 Å². The van der Waals surface area contributed by atoms with E-state index in [-0.39, 0.29) is 11.9 Å². The minimum Gasteiger partial charge on any atom is -0.331 e. The van der Waals surface area contributed by atoms with Crippen LogP contribution in [0.1, 0.15) is 41.7 Å². The molecule has 1 unspecified atom stereocenters. The summed E-state index contributed by atoms with van der Waals surface area (Å²) in [4.78, 5) is 23.7. The molecule has 1 aliphatic heterocycles. The number of hydrogen-bond donors (Lipinski definition) is 2. The minimum atomic E-state index is -0.0655. The third kappa shape index (κ3) is 4.34. The van der Waals surface area contributed by atoms with E-state index in [1.165, 1.54) is 0 Å². The number of amides is 1. The summed E-state index contributed by atoms with van der Waals surface area (Å²) in [7, 11) is 1.85. The fourth-order valence-corrected chi connectivity index (χ4v) is 3.57. The first-order valence-electron chi connectivity index (χ1n) is 9.60. The predicted octanol–water partition coefficient (Wildman–Crippen LogP) is 2.67. The summed E-state index contributed by atoms with van der Waals surface area (Å²) in [5.74, 6) is 2.00. The van der Waals surface area contributed by atoms with Crippen LogP contribution in [0.15, 0.2) is 30.6 Å². The Morgan fingerprint density at radius 3 is 2.86 bits per heavy atom. The molecule has 3 aromatic heterocycles. The lowest BCUT2D eigenvalue weighted by atomic mass is 10.1. The van der Waals surface area contributed by atoms with Crippen molar-refractivity contribution in [2.75, 3.05) is 11.9 Å². The van der Waals surface area contributed by atoms with Gasteiger partial charge in [0.1, 0.15) is 11.6 Å². The molecule has 150 valence electrons. The van der Waals surface area contributed by atoms with Crippen LogP contribution in [0.5, 0.6) is 0 Å². The molecule has 0 aliphatic carbocycles. The van der Waals surface area contributed by atoms with Gasteiger partial charge in [-0.15, -0.1) is 0 Å². The molecule has 0 aromatic carbocycles. The van der Waals surface area contributed by atoms with Crippen molar-refractivity contribution in [2.24, 2.45) is 7.05 Å². The Hall–Kier alpha value is -3.49. The van der Waals surface area contributed by atoms with Crippen molar-refractivity contribution in [1.82, 2.24) is 34.8 Å². The number of rotatable bonds is 5. The van der Waals surface area contributed by atoms with Crippen LogP contribution in [-0.4, -0.2) is 47.3 Å². The first-order chi connectivity index (χ1) is 14.0. The van der Waals surface area contributed by atoms with Crippen LogP contribution in [0, 0.1) is 13.8 Å². The van der Waals surface area contributed by atoms with E-state index < -0.39 is 0 Å². The number of hydrogen-bond acceptors (Lipinski definition) is 6. The fraction of sp³-hybridized carbons (Fsp3) is 0.350. The number of anilines is 2. The summed E-state index contributed by atoms with van der Waals surface area (Å²) in [6.45, 7) is 4.51. The smallest absolute Gasteiger partial charge is 0.247 e. The molecule has 0 saturated carbocycles. The van der Waals surface area contributed by atoms with Crippen molar-refractivity contribution >= 4 is 23.6 Å². The molecule has 1 atom stereocenters. The van der Waals surface area contributed by atoms with Crippen LogP contribution >= 0.6 is 0 Å². The highest BCUT2D eigenvalue weighted by Gasteiger charge is 2.30. The SMILES string of the molecule is Cc1nc(Nc2cc(C)[nH]n2)cc(C2CCCN2C(=O)/C=C/c2cnn(C)c2)n1. The van der Waals surface area contributed by atoms with Gasteiger partial charge in [-0.05, 0) is 32.8 Å². The summed E-state index contributed by atoms with van der Waals surface area (Å²) >= 11 is 0. The van der Waals surface area contributed by atoms with Crippen molar-refractivity contribution in [1.29, 1.82) is 0 Å². The molecule has 0 radical (unpaired) electrons. The average Bonchev–Trinajstić information content (AvgIpc) is 3.41.